The molecular weight excluding hydrogens is 252 g/mol. The van der Waals surface area contributed by atoms with Crippen molar-refractivity contribution in [2.75, 3.05) is 0 Å². The van der Waals surface area contributed by atoms with E-state index in [4.69, 9.17) is 4.74 Å². The van der Waals surface area contributed by atoms with Crippen LogP contribution in [0.5, 0.6) is 0 Å². The number of carbonyl (C=O) groups is 1. The maximum Gasteiger partial charge on any atom is 0.303 e. The molecule has 112 valence electrons. The number of hydrogen-bond acceptors (Lipinski definition) is 3. The second kappa shape index (κ2) is 5.03. The summed E-state index contributed by atoms with van der Waals surface area (Å²) in [6.45, 7) is 11.6. The van der Waals surface area contributed by atoms with Gasteiger partial charge in [-0.2, -0.15) is 0 Å². The molecule has 1 N–H and O–H groups in total. The Labute approximate surface area is 121 Å². The largest absolute Gasteiger partial charge is 0.458 e. The lowest BCUT2D eigenvalue weighted by Crippen LogP contribution is -2.58. The third-order valence-electron chi connectivity index (χ3n) is 5.48. The molecule has 3 nitrogen and oxygen atoms in total. The third kappa shape index (κ3) is 2.22. The SMILES string of the molecule is C=C(C)[C@@]1(C)CCC[C@H]2C=C(C)[C@H](OC(C)=O)C[C@@]21O. The van der Waals surface area contributed by atoms with Crippen LogP contribution in [-0.4, -0.2) is 22.8 Å². The number of carbonyl (C=O) groups excluding carboxylic acids is 1. The molecule has 4 atom stereocenters. The van der Waals surface area contributed by atoms with Crippen LogP contribution in [-0.2, 0) is 9.53 Å². The van der Waals surface area contributed by atoms with Gasteiger partial charge < -0.3 is 9.84 Å². The van der Waals surface area contributed by atoms with E-state index in [9.17, 15) is 9.90 Å². The highest BCUT2D eigenvalue weighted by Crippen LogP contribution is 2.56. The number of fused-ring (bicyclic) bond motifs is 1. The summed E-state index contributed by atoms with van der Waals surface area (Å²) in [5, 5.41) is 11.4. The number of rotatable bonds is 2. The van der Waals surface area contributed by atoms with E-state index in [1.807, 2.05) is 13.8 Å². The summed E-state index contributed by atoms with van der Waals surface area (Å²) >= 11 is 0. The topological polar surface area (TPSA) is 46.5 Å². The van der Waals surface area contributed by atoms with Gasteiger partial charge in [0.05, 0.1) is 5.60 Å². The van der Waals surface area contributed by atoms with Crippen LogP contribution in [0.2, 0.25) is 0 Å². The molecule has 1 saturated carbocycles. The Hall–Kier alpha value is -1.09. The van der Waals surface area contributed by atoms with E-state index in [0.29, 0.717) is 6.42 Å². The molecule has 0 heterocycles. The van der Waals surface area contributed by atoms with Crippen molar-refractivity contribution >= 4 is 5.97 Å². The fraction of sp³-hybridized carbons (Fsp3) is 0.706. The van der Waals surface area contributed by atoms with E-state index >= 15 is 0 Å². The molecule has 0 radical (unpaired) electrons. The van der Waals surface area contributed by atoms with Crippen molar-refractivity contribution in [3.05, 3.63) is 23.8 Å². The van der Waals surface area contributed by atoms with Crippen molar-refractivity contribution in [2.24, 2.45) is 11.3 Å². The van der Waals surface area contributed by atoms with Gasteiger partial charge in [0.15, 0.2) is 0 Å². The Morgan fingerprint density at radius 3 is 2.70 bits per heavy atom. The Kier molecular flexibility index (Phi) is 3.85. The van der Waals surface area contributed by atoms with Gasteiger partial charge in [-0.3, -0.25) is 4.79 Å². The van der Waals surface area contributed by atoms with Crippen molar-refractivity contribution in [1.29, 1.82) is 0 Å². The Bertz CT molecular complexity index is 465. The number of aliphatic hydroxyl groups is 1. The summed E-state index contributed by atoms with van der Waals surface area (Å²) in [6, 6.07) is 0. The summed E-state index contributed by atoms with van der Waals surface area (Å²) in [7, 11) is 0. The van der Waals surface area contributed by atoms with Crippen LogP contribution in [0.25, 0.3) is 0 Å². The zero-order valence-electron chi connectivity index (χ0n) is 13.0. The molecule has 3 heteroatoms. The van der Waals surface area contributed by atoms with Crippen molar-refractivity contribution < 1.29 is 14.6 Å². The van der Waals surface area contributed by atoms with E-state index in [1.54, 1.807) is 0 Å². The first-order valence-electron chi connectivity index (χ1n) is 7.44. The fourth-order valence-corrected chi connectivity index (χ4v) is 3.92. The van der Waals surface area contributed by atoms with Crippen LogP contribution >= 0.6 is 0 Å². The second-order valence-electron chi connectivity index (χ2n) is 6.75. The first-order valence-corrected chi connectivity index (χ1v) is 7.44. The predicted molar refractivity (Wildman–Crippen MR) is 79.1 cm³/mol. The van der Waals surface area contributed by atoms with Crippen molar-refractivity contribution in [3.8, 4) is 0 Å². The lowest BCUT2D eigenvalue weighted by atomic mass is 9.53. The zero-order valence-corrected chi connectivity index (χ0v) is 13.0. The van der Waals surface area contributed by atoms with Crippen LogP contribution in [0.4, 0.5) is 0 Å². The van der Waals surface area contributed by atoms with Crippen LogP contribution in [0.15, 0.2) is 23.8 Å². The average Bonchev–Trinajstić information content (AvgIpc) is 2.32. The highest BCUT2D eigenvalue weighted by molar-refractivity contribution is 5.66. The minimum atomic E-state index is -0.864. The summed E-state index contributed by atoms with van der Waals surface area (Å²) < 4.78 is 5.39. The molecule has 0 aromatic rings. The van der Waals surface area contributed by atoms with E-state index in [1.165, 1.54) is 6.92 Å². The molecule has 0 aromatic heterocycles. The van der Waals surface area contributed by atoms with E-state index in [-0.39, 0.29) is 23.4 Å². The zero-order chi connectivity index (χ0) is 15.1. The summed E-state index contributed by atoms with van der Waals surface area (Å²) in [6.07, 6.45) is 5.29. The maximum absolute atomic E-state index is 11.4. The van der Waals surface area contributed by atoms with Gasteiger partial charge in [0.2, 0.25) is 0 Å². The summed E-state index contributed by atoms with van der Waals surface area (Å²) in [5.41, 5.74) is 0.891. The quantitative estimate of drug-likeness (QED) is 0.622. The van der Waals surface area contributed by atoms with Gasteiger partial charge in [0, 0.05) is 24.7 Å². The van der Waals surface area contributed by atoms with Gasteiger partial charge in [0.1, 0.15) is 6.10 Å². The molecule has 0 amide bonds. The molecule has 0 bridgehead atoms. The highest BCUT2D eigenvalue weighted by Gasteiger charge is 2.56. The molecule has 0 aliphatic heterocycles. The third-order valence-corrected chi connectivity index (χ3v) is 5.48. The maximum atomic E-state index is 11.4. The molecule has 20 heavy (non-hydrogen) atoms. The molecule has 2 aliphatic rings. The van der Waals surface area contributed by atoms with Crippen molar-refractivity contribution in [2.45, 2.75) is 65.1 Å². The summed E-state index contributed by atoms with van der Waals surface area (Å²) in [4.78, 5) is 11.3. The fourth-order valence-electron chi connectivity index (χ4n) is 3.92. The summed E-state index contributed by atoms with van der Waals surface area (Å²) in [5.74, 6) is -0.164. The van der Waals surface area contributed by atoms with Crippen molar-refractivity contribution in [3.63, 3.8) is 0 Å². The standard InChI is InChI=1S/C17H26O3/c1-11(2)16(5)8-6-7-14-9-12(3)15(20-13(4)18)10-17(14,16)19/h9,14-15,19H,1,6-8,10H2,2-5H3/t14-,15+,16+,17+/m0/s1. The van der Waals surface area contributed by atoms with E-state index in [0.717, 1.165) is 30.4 Å². The molecule has 0 unspecified atom stereocenters. The molecule has 2 rings (SSSR count). The van der Waals surface area contributed by atoms with Gasteiger partial charge in [-0.25, -0.2) is 0 Å². The van der Waals surface area contributed by atoms with Gasteiger partial charge >= 0.3 is 5.97 Å². The predicted octanol–water partition coefficient (Wildman–Crippen LogP) is 3.38. The monoisotopic (exact) mass is 278 g/mol. The van der Waals surface area contributed by atoms with Crippen LogP contribution in [0.1, 0.15) is 53.4 Å². The second-order valence-corrected chi connectivity index (χ2v) is 6.75. The number of ether oxygens (including phenoxy) is 1. The molecular formula is C17H26O3. The Balaban J connectivity index is 2.40. The normalized spacial score (nSPS) is 40.5. The molecule has 0 spiro atoms. The average molecular weight is 278 g/mol. The Morgan fingerprint density at radius 2 is 2.15 bits per heavy atom. The van der Waals surface area contributed by atoms with E-state index < -0.39 is 5.60 Å². The van der Waals surface area contributed by atoms with E-state index in [2.05, 4.69) is 19.6 Å². The molecule has 0 saturated heterocycles. The van der Waals surface area contributed by atoms with Crippen molar-refractivity contribution in [1.82, 2.24) is 0 Å². The van der Waals surface area contributed by atoms with Gasteiger partial charge in [-0.15, -0.1) is 0 Å². The molecule has 0 aromatic carbocycles. The number of esters is 1. The first kappa shape index (κ1) is 15.3. The molecule has 1 fully saturated rings. The van der Waals surface area contributed by atoms with Gasteiger partial charge in [-0.05, 0) is 32.3 Å². The lowest BCUT2D eigenvalue weighted by Gasteiger charge is -2.56. The lowest BCUT2D eigenvalue weighted by molar-refractivity contribution is -0.163. The van der Waals surface area contributed by atoms with Crippen LogP contribution < -0.4 is 0 Å². The minimum absolute atomic E-state index is 0.129. The van der Waals surface area contributed by atoms with Crippen LogP contribution in [0, 0.1) is 11.3 Å². The smallest absolute Gasteiger partial charge is 0.303 e. The Morgan fingerprint density at radius 1 is 1.50 bits per heavy atom. The highest BCUT2D eigenvalue weighted by atomic mass is 16.5. The molecule has 2 aliphatic carbocycles. The number of hydrogen-bond donors (Lipinski definition) is 1. The van der Waals surface area contributed by atoms with Crippen LogP contribution in [0.3, 0.4) is 0 Å². The first-order chi connectivity index (χ1) is 9.20. The van der Waals surface area contributed by atoms with Gasteiger partial charge in [0.25, 0.3) is 0 Å². The van der Waals surface area contributed by atoms with Gasteiger partial charge in [-0.1, -0.05) is 31.6 Å². The minimum Gasteiger partial charge on any atom is -0.458 e.